The molecule has 0 spiro atoms. The summed E-state index contributed by atoms with van der Waals surface area (Å²) in [5, 5.41) is 67.6. The number of hydrogen-bond acceptors (Lipinski definition) is 8. The van der Waals surface area contributed by atoms with Gasteiger partial charge in [0.15, 0.2) is 6.10 Å². The molecule has 0 aliphatic heterocycles. The van der Waals surface area contributed by atoms with E-state index in [1.165, 1.54) is 6.92 Å². The van der Waals surface area contributed by atoms with Crippen LogP contribution in [0.3, 0.4) is 0 Å². The van der Waals surface area contributed by atoms with E-state index >= 15 is 0 Å². The average molecular weight is 384 g/mol. The third-order valence-corrected chi connectivity index (χ3v) is 1.87. The molecule has 0 radical (unpaired) electrons. The Kier molecular flexibility index (Phi) is 21.6. The molecule has 0 saturated heterocycles. The molecule has 0 aliphatic rings. The predicted molar refractivity (Wildman–Crippen MR) is 66.6 cm³/mol. The standard InChI is InChI=1S/C6H12O7.C3H6O3.Ca.Fe.2H/c7-1-2(8)3(9)4(10)5(11)6(12)13;1-2(4)3(5)6;;;;/h2-5,7-11H,1H2,(H,12,13);2,4H,1H3,(H,5,6);;;;/t2-,3-,4+,5-;;;;;/m1...../s1. The summed E-state index contributed by atoms with van der Waals surface area (Å²) in [5.41, 5.74) is 0. The van der Waals surface area contributed by atoms with Gasteiger partial charge in [0.25, 0.3) is 0 Å². The van der Waals surface area contributed by atoms with E-state index in [9.17, 15) is 9.59 Å². The first-order valence-corrected chi connectivity index (χ1v) is 5.03. The van der Waals surface area contributed by atoms with Crippen molar-refractivity contribution in [2.24, 2.45) is 0 Å². The SMILES string of the molecule is CC(O)C(=O)O.O=C(O)[C@H](O)[C@@H](O)[C@H](O)[C@H](O)CO.[CaH2].[Fe]. The summed E-state index contributed by atoms with van der Waals surface area (Å²) < 4.78 is 0. The van der Waals surface area contributed by atoms with Crippen molar-refractivity contribution < 1.29 is 67.5 Å². The molecule has 0 amide bonds. The van der Waals surface area contributed by atoms with Crippen molar-refractivity contribution in [2.75, 3.05) is 6.61 Å². The van der Waals surface area contributed by atoms with E-state index in [-0.39, 0.29) is 54.8 Å². The first kappa shape index (κ1) is 29.5. The summed E-state index contributed by atoms with van der Waals surface area (Å²) in [7, 11) is 0. The van der Waals surface area contributed by atoms with Crippen LogP contribution in [0, 0.1) is 0 Å². The number of rotatable bonds is 6. The van der Waals surface area contributed by atoms with Crippen molar-refractivity contribution in [1.82, 2.24) is 0 Å². The van der Waals surface area contributed by atoms with Crippen LogP contribution in [0.15, 0.2) is 0 Å². The molecule has 0 heterocycles. The maximum atomic E-state index is 10.1. The summed E-state index contributed by atoms with van der Waals surface area (Å²) in [6.45, 7) is 0.354. The molecule has 8 N–H and O–H groups in total. The fourth-order valence-electron chi connectivity index (χ4n) is 0.668. The van der Waals surface area contributed by atoms with Gasteiger partial charge in [0.1, 0.15) is 24.4 Å². The van der Waals surface area contributed by atoms with Crippen LogP contribution < -0.4 is 0 Å². The molecule has 21 heavy (non-hydrogen) atoms. The van der Waals surface area contributed by atoms with E-state index in [2.05, 4.69) is 0 Å². The van der Waals surface area contributed by atoms with E-state index in [0.29, 0.717) is 0 Å². The largest absolute Gasteiger partial charge is 0 e. The maximum Gasteiger partial charge on any atom is 0 e. The first-order chi connectivity index (χ1) is 8.56. The fourth-order valence-corrected chi connectivity index (χ4v) is 0.668. The molecule has 5 atom stereocenters. The molecule has 0 aromatic carbocycles. The molecule has 10 nitrogen and oxygen atoms in total. The van der Waals surface area contributed by atoms with Crippen molar-refractivity contribution in [3.63, 3.8) is 0 Å². The number of carboxylic acids is 2. The number of carboxylic acid groups (broad SMARTS) is 2. The van der Waals surface area contributed by atoms with Crippen molar-refractivity contribution in [1.29, 1.82) is 0 Å². The Hall–Kier alpha value is 0.479. The second-order valence-electron chi connectivity index (χ2n) is 3.53. The summed E-state index contributed by atoms with van der Waals surface area (Å²) in [6.07, 6.45) is -9.07. The van der Waals surface area contributed by atoms with E-state index in [1.807, 2.05) is 0 Å². The van der Waals surface area contributed by atoms with Crippen LogP contribution in [-0.2, 0) is 26.7 Å². The van der Waals surface area contributed by atoms with Gasteiger partial charge in [-0.05, 0) is 6.92 Å². The van der Waals surface area contributed by atoms with Gasteiger partial charge in [0, 0.05) is 17.1 Å². The summed E-state index contributed by atoms with van der Waals surface area (Å²) >= 11 is 0. The number of aliphatic hydroxyl groups is 6. The zero-order chi connectivity index (χ0) is 15.7. The quantitative estimate of drug-likeness (QED) is 0.205. The van der Waals surface area contributed by atoms with Gasteiger partial charge in [-0.2, -0.15) is 0 Å². The summed E-state index contributed by atoms with van der Waals surface area (Å²) in [5.74, 6) is -2.91. The van der Waals surface area contributed by atoms with Crippen LogP contribution in [0.4, 0.5) is 0 Å². The summed E-state index contributed by atoms with van der Waals surface area (Å²) in [6, 6.07) is 0. The monoisotopic (exact) mass is 384 g/mol. The van der Waals surface area contributed by atoms with Crippen LogP contribution in [0.5, 0.6) is 0 Å². The third-order valence-electron chi connectivity index (χ3n) is 1.87. The Labute approximate surface area is 160 Å². The smallest absolute Gasteiger partial charge is 0 e. The van der Waals surface area contributed by atoms with E-state index in [4.69, 9.17) is 40.9 Å². The van der Waals surface area contributed by atoms with Gasteiger partial charge in [-0.15, -0.1) is 0 Å². The second kappa shape index (κ2) is 15.4. The van der Waals surface area contributed by atoms with Crippen LogP contribution in [0.25, 0.3) is 0 Å². The van der Waals surface area contributed by atoms with Crippen molar-refractivity contribution >= 4 is 49.7 Å². The number of aliphatic hydroxyl groups excluding tert-OH is 6. The molecule has 0 aliphatic carbocycles. The zero-order valence-corrected chi connectivity index (χ0v) is 11.4. The maximum absolute atomic E-state index is 10.1. The molecule has 12 heteroatoms. The normalized spacial score (nSPS) is 16.5. The van der Waals surface area contributed by atoms with Gasteiger partial charge in [-0.3, -0.25) is 0 Å². The van der Waals surface area contributed by atoms with Crippen molar-refractivity contribution in [2.45, 2.75) is 37.4 Å². The average Bonchev–Trinajstić information content (AvgIpc) is 2.35. The second-order valence-corrected chi connectivity index (χ2v) is 3.53. The molecular formula is C9H20CaFeO10. The van der Waals surface area contributed by atoms with Crippen molar-refractivity contribution in [3.05, 3.63) is 0 Å². The molecule has 0 rings (SSSR count). The Balaban J connectivity index is -0.000000156. The molecule has 126 valence electrons. The Bertz CT molecular complexity index is 290. The summed E-state index contributed by atoms with van der Waals surface area (Å²) in [4.78, 5) is 19.5. The molecule has 0 aromatic rings. The van der Waals surface area contributed by atoms with Gasteiger partial charge >= 0.3 is 49.7 Å². The van der Waals surface area contributed by atoms with Crippen LogP contribution >= 0.6 is 0 Å². The minimum atomic E-state index is -2.20. The Morgan fingerprint density at radius 2 is 1.24 bits per heavy atom. The molecule has 0 aromatic heterocycles. The Morgan fingerprint density at radius 3 is 1.43 bits per heavy atom. The van der Waals surface area contributed by atoms with E-state index < -0.39 is 49.1 Å². The molecular weight excluding hydrogens is 364 g/mol. The topological polar surface area (TPSA) is 196 Å². The van der Waals surface area contributed by atoms with Crippen LogP contribution in [-0.4, -0.2) is 128 Å². The molecule has 0 bridgehead atoms. The van der Waals surface area contributed by atoms with E-state index in [0.717, 1.165) is 0 Å². The van der Waals surface area contributed by atoms with Crippen LogP contribution in [0.1, 0.15) is 6.92 Å². The van der Waals surface area contributed by atoms with Gasteiger partial charge < -0.3 is 40.9 Å². The fraction of sp³-hybridized carbons (Fsp3) is 0.778. The molecule has 0 fully saturated rings. The number of carbonyl (C=O) groups is 2. The van der Waals surface area contributed by atoms with Gasteiger partial charge in [0.2, 0.25) is 0 Å². The minimum Gasteiger partial charge on any atom is 0 e. The third kappa shape index (κ3) is 13.8. The van der Waals surface area contributed by atoms with Crippen LogP contribution in [0.2, 0.25) is 0 Å². The first-order valence-electron chi connectivity index (χ1n) is 5.03. The number of hydrogen-bond donors (Lipinski definition) is 8. The van der Waals surface area contributed by atoms with Gasteiger partial charge in [-0.1, -0.05) is 0 Å². The molecule has 1 unspecified atom stereocenters. The predicted octanol–water partition coefficient (Wildman–Crippen LogP) is -4.96. The number of aliphatic carboxylic acids is 2. The van der Waals surface area contributed by atoms with Crippen molar-refractivity contribution in [3.8, 4) is 0 Å². The molecule has 0 saturated carbocycles. The van der Waals surface area contributed by atoms with E-state index in [1.54, 1.807) is 0 Å². The minimum absolute atomic E-state index is 0. The Morgan fingerprint density at radius 1 is 0.905 bits per heavy atom. The van der Waals surface area contributed by atoms with Gasteiger partial charge in [0.05, 0.1) is 6.61 Å². The zero-order valence-electron chi connectivity index (χ0n) is 10.3. The van der Waals surface area contributed by atoms with Gasteiger partial charge in [-0.25, -0.2) is 9.59 Å².